The van der Waals surface area contributed by atoms with Gasteiger partial charge in [-0.15, -0.1) is 0 Å². The van der Waals surface area contributed by atoms with Crippen LogP contribution in [0.4, 0.5) is 5.69 Å². The summed E-state index contributed by atoms with van der Waals surface area (Å²) in [6.07, 6.45) is 0.578. The SMILES string of the molecule is CCc1[nH]c(C(=O)Nc2ccccc2-c2nc3ccccc3[nH]2)c(C)c1C(=O)OC. The number of hydrogen-bond acceptors (Lipinski definition) is 4. The van der Waals surface area contributed by atoms with Crippen molar-refractivity contribution < 1.29 is 14.3 Å². The predicted molar refractivity (Wildman–Crippen MR) is 116 cm³/mol. The third-order valence-electron chi connectivity index (χ3n) is 5.12. The van der Waals surface area contributed by atoms with Gasteiger partial charge in [0.2, 0.25) is 0 Å². The van der Waals surface area contributed by atoms with E-state index in [4.69, 9.17) is 4.74 Å². The van der Waals surface area contributed by atoms with Crippen LogP contribution < -0.4 is 5.32 Å². The molecule has 0 spiro atoms. The first-order valence-corrected chi connectivity index (χ1v) is 9.68. The average molecular weight is 402 g/mol. The largest absolute Gasteiger partial charge is 0.465 e. The van der Waals surface area contributed by atoms with Crippen molar-refractivity contribution in [2.75, 3.05) is 12.4 Å². The molecule has 0 atom stereocenters. The zero-order chi connectivity index (χ0) is 21.3. The van der Waals surface area contributed by atoms with Crippen LogP contribution in [0.2, 0.25) is 0 Å². The molecule has 2 heterocycles. The molecular weight excluding hydrogens is 380 g/mol. The minimum Gasteiger partial charge on any atom is -0.465 e. The van der Waals surface area contributed by atoms with Crippen molar-refractivity contribution in [3.63, 3.8) is 0 Å². The van der Waals surface area contributed by atoms with E-state index in [9.17, 15) is 9.59 Å². The van der Waals surface area contributed by atoms with Crippen molar-refractivity contribution in [2.45, 2.75) is 20.3 Å². The molecular formula is C23H22N4O3. The molecule has 3 N–H and O–H groups in total. The van der Waals surface area contributed by atoms with Crippen molar-refractivity contribution in [1.29, 1.82) is 0 Å². The second kappa shape index (κ2) is 7.87. The number of imidazole rings is 1. The van der Waals surface area contributed by atoms with Crippen molar-refractivity contribution in [2.24, 2.45) is 0 Å². The highest BCUT2D eigenvalue weighted by atomic mass is 16.5. The van der Waals surface area contributed by atoms with Gasteiger partial charge in [0.1, 0.15) is 11.5 Å². The number of amides is 1. The summed E-state index contributed by atoms with van der Waals surface area (Å²) in [4.78, 5) is 36.2. The molecule has 0 aliphatic carbocycles. The Morgan fingerprint density at radius 3 is 2.53 bits per heavy atom. The Morgan fingerprint density at radius 2 is 1.80 bits per heavy atom. The number of nitrogens with zero attached hydrogens (tertiary/aromatic N) is 1. The van der Waals surface area contributed by atoms with Gasteiger partial charge in [0.05, 0.1) is 29.4 Å². The lowest BCUT2D eigenvalue weighted by Crippen LogP contribution is -2.15. The van der Waals surface area contributed by atoms with Gasteiger partial charge >= 0.3 is 5.97 Å². The lowest BCUT2D eigenvalue weighted by molar-refractivity contribution is 0.0599. The van der Waals surface area contributed by atoms with Crippen LogP contribution in [0.1, 0.15) is 39.0 Å². The number of aromatic nitrogens is 3. The summed E-state index contributed by atoms with van der Waals surface area (Å²) in [7, 11) is 1.33. The van der Waals surface area contributed by atoms with E-state index in [1.54, 1.807) is 6.92 Å². The summed E-state index contributed by atoms with van der Waals surface area (Å²) < 4.78 is 4.87. The first-order valence-electron chi connectivity index (χ1n) is 9.68. The fraction of sp³-hybridized carbons (Fsp3) is 0.174. The normalized spacial score (nSPS) is 10.9. The molecule has 0 saturated carbocycles. The second-order valence-corrected chi connectivity index (χ2v) is 6.93. The monoisotopic (exact) mass is 402 g/mol. The van der Waals surface area contributed by atoms with Gasteiger partial charge in [0.25, 0.3) is 5.91 Å². The fourth-order valence-corrected chi connectivity index (χ4v) is 3.59. The van der Waals surface area contributed by atoms with Gasteiger partial charge in [0, 0.05) is 11.3 Å². The summed E-state index contributed by atoms with van der Waals surface area (Å²) in [6.45, 7) is 3.65. The number of ether oxygens (including phenoxy) is 1. The molecule has 7 heteroatoms. The van der Waals surface area contributed by atoms with Gasteiger partial charge < -0.3 is 20.0 Å². The number of carbonyl (C=O) groups excluding carboxylic acids is 2. The van der Waals surface area contributed by atoms with Crippen molar-refractivity contribution in [1.82, 2.24) is 15.0 Å². The number of anilines is 1. The van der Waals surface area contributed by atoms with Gasteiger partial charge in [-0.3, -0.25) is 4.79 Å². The van der Waals surface area contributed by atoms with E-state index in [-0.39, 0.29) is 5.91 Å². The fourth-order valence-electron chi connectivity index (χ4n) is 3.59. The Morgan fingerprint density at radius 1 is 1.07 bits per heavy atom. The highest BCUT2D eigenvalue weighted by Gasteiger charge is 2.24. The van der Waals surface area contributed by atoms with Crippen LogP contribution in [0.5, 0.6) is 0 Å². The number of H-pyrrole nitrogens is 2. The van der Waals surface area contributed by atoms with Gasteiger partial charge in [-0.2, -0.15) is 0 Å². The van der Waals surface area contributed by atoms with Crippen LogP contribution in [-0.4, -0.2) is 33.9 Å². The minimum atomic E-state index is -0.456. The van der Waals surface area contributed by atoms with Crippen LogP contribution in [-0.2, 0) is 11.2 Å². The van der Waals surface area contributed by atoms with Crippen LogP contribution in [0.3, 0.4) is 0 Å². The quantitative estimate of drug-likeness (QED) is 0.429. The molecule has 2 aromatic carbocycles. The number of fused-ring (bicyclic) bond motifs is 1. The predicted octanol–water partition coefficient (Wildman–Crippen LogP) is 4.47. The maximum atomic E-state index is 13.1. The number of para-hydroxylation sites is 3. The molecule has 4 rings (SSSR count). The van der Waals surface area contributed by atoms with E-state index in [2.05, 4.69) is 20.3 Å². The van der Waals surface area contributed by atoms with Crippen LogP contribution in [0, 0.1) is 6.92 Å². The first kappa shape index (κ1) is 19.4. The number of aromatic amines is 2. The molecule has 2 aromatic heterocycles. The van der Waals surface area contributed by atoms with Gasteiger partial charge in [0.15, 0.2) is 0 Å². The molecule has 0 aliphatic rings. The molecule has 1 amide bonds. The highest BCUT2D eigenvalue weighted by Crippen LogP contribution is 2.28. The highest BCUT2D eigenvalue weighted by molar-refractivity contribution is 6.08. The molecule has 0 aliphatic heterocycles. The van der Waals surface area contributed by atoms with Gasteiger partial charge in [-0.05, 0) is 43.2 Å². The summed E-state index contributed by atoms with van der Waals surface area (Å²) in [5.41, 5.74) is 5.16. The van der Waals surface area contributed by atoms with E-state index >= 15 is 0 Å². The van der Waals surface area contributed by atoms with E-state index in [1.807, 2.05) is 55.5 Å². The Kier molecular flexibility index (Phi) is 5.10. The molecule has 0 radical (unpaired) electrons. The van der Waals surface area contributed by atoms with E-state index < -0.39 is 5.97 Å². The number of rotatable bonds is 5. The van der Waals surface area contributed by atoms with Crippen molar-refractivity contribution in [3.8, 4) is 11.4 Å². The number of esters is 1. The van der Waals surface area contributed by atoms with Gasteiger partial charge in [-0.1, -0.05) is 31.2 Å². The Bertz CT molecular complexity index is 1220. The summed E-state index contributed by atoms with van der Waals surface area (Å²) >= 11 is 0. The standard InChI is InChI=1S/C23H22N4O3/c1-4-15-19(23(29)30-3)13(2)20(24-15)22(28)27-16-10-6-5-9-14(16)21-25-17-11-7-8-12-18(17)26-21/h5-12,24H,4H2,1-3H3,(H,25,26)(H,27,28). The van der Waals surface area contributed by atoms with Crippen LogP contribution >= 0.6 is 0 Å². The molecule has 0 unspecified atom stereocenters. The van der Waals surface area contributed by atoms with Crippen LogP contribution in [0.15, 0.2) is 48.5 Å². The molecule has 0 fully saturated rings. The van der Waals surface area contributed by atoms with E-state index in [1.165, 1.54) is 7.11 Å². The molecule has 4 aromatic rings. The number of hydrogen-bond donors (Lipinski definition) is 3. The molecule has 152 valence electrons. The first-order chi connectivity index (χ1) is 14.5. The third kappa shape index (κ3) is 3.34. The number of benzene rings is 2. The second-order valence-electron chi connectivity index (χ2n) is 6.93. The summed E-state index contributed by atoms with van der Waals surface area (Å²) in [6, 6.07) is 15.2. The van der Waals surface area contributed by atoms with Crippen molar-refractivity contribution in [3.05, 3.63) is 71.0 Å². The number of carbonyl (C=O) groups is 2. The third-order valence-corrected chi connectivity index (χ3v) is 5.12. The zero-order valence-corrected chi connectivity index (χ0v) is 17.0. The van der Waals surface area contributed by atoms with Gasteiger partial charge in [-0.25, -0.2) is 9.78 Å². The maximum Gasteiger partial charge on any atom is 0.339 e. The lowest BCUT2D eigenvalue weighted by Gasteiger charge is -2.09. The number of methoxy groups -OCH3 is 1. The summed E-state index contributed by atoms with van der Waals surface area (Å²) in [5.74, 6) is -0.122. The smallest absolute Gasteiger partial charge is 0.339 e. The molecule has 0 saturated heterocycles. The number of nitrogens with one attached hydrogen (secondary N) is 3. The lowest BCUT2D eigenvalue weighted by atomic mass is 10.1. The van der Waals surface area contributed by atoms with E-state index in [0.29, 0.717) is 40.4 Å². The zero-order valence-electron chi connectivity index (χ0n) is 17.0. The Labute approximate surface area is 173 Å². The van der Waals surface area contributed by atoms with E-state index in [0.717, 1.165) is 16.6 Å². The average Bonchev–Trinajstić information content (AvgIpc) is 3.34. The Balaban J connectivity index is 1.70. The molecule has 30 heavy (non-hydrogen) atoms. The topological polar surface area (TPSA) is 99.9 Å². The maximum absolute atomic E-state index is 13.1. The van der Waals surface area contributed by atoms with Crippen LogP contribution in [0.25, 0.3) is 22.4 Å². The Hall–Kier alpha value is -3.87. The number of aryl methyl sites for hydroxylation is 1. The molecule has 0 bridgehead atoms. The minimum absolute atomic E-state index is 0.332. The molecule has 7 nitrogen and oxygen atoms in total. The summed E-state index contributed by atoms with van der Waals surface area (Å²) in [5, 5.41) is 2.95. The van der Waals surface area contributed by atoms with Crippen molar-refractivity contribution >= 4 is 28.6 Å².